The van der Waals surface area contributed by atoms with Gasteiger partial charge < -0.3 is 19.9 Å². The van der Waals surface area contributed by atoms with Crippen LogP contribution in [0.5, 0.6) is 0 Å². The predicted octanol–water partition coefficient (Wildman–Crippen LogP) is -0.697. The molecule has 0 atom stereocenters. The molecule has 0 aliphatic carbocycles. The van der Waals surface area contributed by atoms with Crippen LogP contribution in [0.15, 0.2) is 0 Å². The lowest BCUT2D eigenvalue weighted by Gasteiger charge is -2.33. The van der Waals surface area contributed by atoms with E-state index in [1.54, 1.807) is 16.9 Å². The van der Waals surface area contributed by atoms with Gasteiger partial charge in [0.1, 0.15) is 0 Å². The highest BCUT2D eigenvalue weighted by Crippen LogP contribution is 2.17. The minimum absolute atomic E-state index is 0.335. The van der Waals surface area contributed by atoms with E-state index in [0.717, 1.165) is 32.5 Å². The number of amides is 2. The standard InChI is InChI=1S/C13H23N3O3/c1-19-10-11-2-6-15(7-3-11)12(17)13(18)16-8-4-14-5-9-16/h11,14H,2-10H2,1H3. The van der Waals surface area contributed by atoms with Crippen molar-refractivity contribution in [2.24, 2.45) is 5.92 Å². The second kappa shape index (κ2) is 6.86. The Morgan fingerprint density at radius 1 is 1.05 bits per heavy atom. The number of carbonyl (C=O) groups is 2. The van der Waals surface area contributed by atoms with Crippen molar-refractivity contribution in [3.63, 3.8) is 0 Å². The Labute approximate surface area is 114 Å². The lowest BCUT2D eigenvalue weighted by Crippen LogP contribution is -2.53. The second-order valence-corrected chi connectivity index (χ2v) is 5.23. The molecule has 6 nitrogen and oxygen atoms in total. The molecule has 0 aromatic carbocycles. The van der Waals surface area contributed by atoms with Gasteiger partial charge in [-0.15, -0.1) is 0 Å². The van der Waals surface area contributed by atoms with Gasteiger partial charge in [-0.25, -0.2) is 0 Å². The van der Waals surface area contributed by atoms with Gasteiger partial charge in [-0.2, -0.15) is 0 Å². The molecule has 0 aromatic heterocycles. The number of nitrogens with one attached hydrogen (secondary N) is 1. The summed E-state index contributed by atoms with van der Waals surface area (Å²) in [6.07, 6.45) is 1.85. The highest BCUT2D eigenvalue weighted by atomic mass is 16.5. The van der Waals surface area contributed by atoms with Crippen LogP contribution < -0.4 is 5.32 Å². The number of rotatable bonds is 2. The topological polar surface area (TPSA) is 61.9 Å². The molecule has 2 rings (SSSR count). The number of methoxy groups -OCH3 is 1. The Morgan fingerprint density at radius 3 is 2.11 bits per heavy atom. The van der Waals surface area contributed by atoms with Gasteiger partial charge in [0, 0.05) is 53.0 Å². The molecule has 19 heavy (non-hydrogen) atoms. The van der Waals surface area contributed by atoms with E-state index in [1.807, 2.05) is 0 Å². The van der Waals surface area contributed by atoms with Gasteiger partial charge in [-0.3, -0.25) is 9.59 Å². The summed E-state index contributed by atoms with van der Waals surface area (Å²) in [5.74, 6) is -0.159. The summed E-state index contributed by atoms with van der Waals surface area (Å²) in [6, 6.07) is 0. The van der Waals surface area contributed by atoms with Crippen molar-refractivity contribution in [1.82, 2.24) is 15.1 Å². The number of piperidine rings is 1. The molecule has 2 fully saturated rings. The Hall–Kier alpha value is -1.14. The number of ether oxygens (including phenoxy) is 1. The molecule has 0 spiro atoms. The van der Waals surface area contributed by atoms with Crippen LogP contribution in [0.4, 0.5) is 0 Å². The van der Waals surface area contributed by atoms with Crippen molar-refractivity contribution in [1.29, 1.82) is 0 Å². The monoisotopic (exact) mass is 269 g/mol. The van der Waals surface area contributed by atoms with Crippen LogP contribution in [0.2, 0.25) is 0 Å². The summed E-state index contributed by atoms with van der Waals surface area (Å²) >= 11 is 0. The molecule has 2 amide bonds. The van der Waals surface area contributed by atoms with Crippen LogP contribution in [0, 0.1) is 5.92 Å². The number of carbonyl (C=O) groups excluding carboxylic acids is 2. The molecule has 2 aliphatic heterocycles. The molecule has 0 bridgehead atoms. The first-order chi connectivity index (χ1) is 9.22. The van der Waals surface area contributed by atoms with Crippen LogP contribution in [0.3, 0.4) is 0 Å². The lowest BCUT2D eigenvalue weighted by molar-refractivity contribution is -0.153. The summed E-state index contributed by atoms with van der Waals surface area (Å²) in [6.45, 7) is 4.89. The summed E-state index contributed by atoms with van der Waals surface area (Å²) in [5.41, 5.74) is 0. The first kappa shape index (κ1) is 14.3. The molecule has 0 aromatic rings. The number of likely N-dealkylation sites (tertiary alicyclic amines) is 1. The Kier molecular flexibility index (Phi) is 5.15. The van der Waals surface area contributed by atoms with E-state index in [0.29, 0.717) is 32.1 Å². The van der Waals surface area contributed by atoms with Gasteiger partial charge in [0.05, 0.1) is 0 Å². The molecule has 0 radical (unpaired) electrons. The van der Waals surface area contributed by atoms with E-state index in [4.69, 9.17) is 4.74 Å². The molecule has 2 heterocycles. The van der Waals surface area contributed by atoms with E-state index in [-0.39, 0.29) is 11.8 Å². The van der Waals surface area contributed by atoms with Gasteiger partial charge in [0.25, 0.3) is 0 Å². The van der Waals surface area contributed by atoms with Crippen molar-refractivity contribution < 1.29 is 14.3 Å². The minimum Gasteiger partial charge on any atom is -0.384 e. The van der Waals surface area contributed by atoms with Crippen molar-refractivity contribution >= 4 is 11.8 Å². The zero-order chi connectivity index (χ0) is 13.7. The number of hydrogen-bond donors (Lipinski definition) is 1. The summed E-state index contributed by atoms with van der Waals surface area (Å²) in [7, 11) is 1.70. The normalized spacial score (nSPS) is 21.5. The average molecular weight is 269 g/mol. The molecular weight excluding hydrogens is 246 g/mol. The fraction of sp³-hybridized carbons (Fsp3) is 0.846. The van der Waals surface area contributed by atoms with Crippen LogP contribution in [0.1, 0.15) is 12.8 Å². The van der Waals surface area contributed by atoms with Gasteiger partial charge in [0.2, 0.25) is 0 Å². The molecule has 2 aliphatic rings. The summed E-state index contributed by atoms with van der Waals surface area (Å²) < 4.78 is 5.13. The Morgan fingerprint density at radius 2 is 1.58 bits per heavy atom. The zero-order valence-electron chi connectivity index (χ0n) is 11.6. The highest BCUT2D eigenvalue weighted by molar-refractivity contribution is 6.34. The quantitative estimate of drug-likeness (QED) is 0.674. The van der Waals surface area contributed by atoms with E-state index in [2.05, 4.69) is 5.32 Å². The van der Waals surface area contributed by atoms with Crippen molar-refractivity contribution in [3.8, 4) is 0 Å². The third-order valence-corrected chi connectivity index (χ3v) is 3.89. The maximum Gasteiger partial charge on any atom is 0.312 e. The van der Waals surface area contributed by atoms with Crippen LogP contribution in [-0.2, 0) is 14.3 Å². The maximum atomic E-state index is 12.1. The summed E-state index contributed by atoms with van der Waals surface area (Å²) in [4.78, 5) is 27.6. The minimum atomic E-state index is -0.341. The zero-order valence-corrected chi connectivity index (χ0v) is 11.6. The van der Waals surface area contributed by atoms with E-state index in [1.165, 1.54) is 0 Å². The van der Waals surface area contributed by atoms with Crippen molar-refractivity contribution in [3.05, 3.63) is 0 Å². The fourth-order valence-electron chi connectivity index (χ4n) is 2.68. The van der Waals surface area contributed by atoms with Crippen molar-refractivity contribution in [2.45, 2.75) is 12.8 Å². The smallest absolute Gasteiger partial charge is 0.312 e. The SMILES string of the molecule is COCC1CCN(C(=O)C(=O)N2CCNCC2)CC1. The Bertz CT molecular complexity index is 321. The number of piperazine rings is 1. The molecule has 0 unspecified atom stereocenters. The molecule has 2 saturated heterocycles. The van der Waals surface area contributed by atoms with Gasteiger partial charge in [-0.1, -0.05) is 0 Å². The van der Waals surface area contributed by atoms with Crippen LogP contribution in [-0.4, -0.2) is 74.6 Å². The first-order valence-corrected chi connectivity index (χ1v) is 7.00. The molecule has 108 valence electrons. The molecule has 1 N–H and O–H groups in total. The van der Waals surface area contributed by atoms with Crippen LogP contribution >= 0.6 is 0 Å². The van der Waals surface area contributed by atoms with E-state index < -0.39 is 0 Å². The fourth-order valence-corrected chi connectivity index (χ4v) is 2.68. The van der Waals surface area contributed by atoms with E-state index in [9.17, 15) is 9.59 Å². The largest absolute Gasteiger partial charge is 0.384 e. The molecular formula is C13H23N3O3. The highest BCUT2D eigenvalue weighted by Gasteiger charge is 2.30. The maximum absolute atomic E-state index is 12.1. The third-order valence-electron chi connectivity index (χ3n) is 3.89. The van der Waals surface area contributed by atoms with Crippen LogP contribution in [0.25, 0.3) is 0 Å². The Balaban J connectivity index is 1.81. The number of hydrogen-bond acceptors (Lipinski definition) is 4. The van der Waals surface area contributed by atoms with Crippen molar-refractivity contribution in [2.75, 3.05) is 53.0 Å². The van der Waals surface area contributed by atoms with Gasteiger partial charge >= 0.3 is 11.8 Å². The molecule has 0 saturated carbocycles. The molecule has 6 heteroatoms. The average Bonchev–Trinajstić information content (AvgIpc) is 2.48. The second-order valence-electron chi connectivity index (χ2n) is 5.23. The van der Waals surface area contributed by atoms with Gasteiger partial charge in [-0.05, 0) is 18.8 Å². The summed E-state index contributed by atoms with van der Waals surface area (Å²) in [5, 5.41) is 3.18. The lowest BCUT2D eigenvalue weighted by atomic mass is 9.98. The van der Waals surface area contributed by atoms with E-state index >= 15 is 0 Å². The third kappa shape index (κ3) is 3.67. The first-order valence-electron chi connectivity index (χ1n) is 7.00. The van der Waals surface area contributed by atoms with Gasteiger partial charge in [0.15, 0.2) is 0 Å². The predicted molar refractivity (Wildman–Crippen MR) is 70.6 cm³/mol. The number of nitrogens with zero attached hydrogens (tertiary/aromatic N) is 2.